The SMILES string of the molecule is C[C@H]1C[C@H](C)CN(c2ccc(N3C(=S)N[C@@H](c4ccccn4)[C@@H]3c3cccn3-c3ccc(C(=O)O)cc3)cc2Cl)C1. The predicted octanol–water partition coefficient (Wildman–Crippen LogP) is 6.88. The van der Waals surface area contributed by atoms with E-state index in [1.54, 1.807) is 18.3 Å². The number of anilines is 2. The maximum atomic E-state index is 11.4. The third kappa shape index (κ3) is 5.29. The molecule has 2 aromatic carbocycles. The summed E-state index contributed by atoms with van der Waals surface area (Å²) in [5.41, 5.74) is 4.89. The van der Waals surface area contributed by atoms with Crippen molar-refractivity contribution in [1.29, 1.82) is 0 Å². The van der Waals surface area contributed by atoms with Crippen molar-refractivity contribution in [2.75, 3.05) is 22.9 Å². The third-order valence-corrected chi connectivity index (χ3v) is 8.61. The summed E-state index contributed by atoms with van der Waals surface area (Å²) in [6, 6.07) is 22.6. The number of piperidine rings is 1. The number of nitrogens with zero attached hydrogens (tertiary/aromatic N) is 4. The second-order valence-corrected chi connectivity index (χ2v) is 11.9. The number of aromatic nitrogens is 2. The van der Waals surface area contributed by atoms with E-state index in [1.165, 1.54) is 6.42 Å². The lowest BCUT2D eigenvalue weighted by molar-refractivity contribution is 0.0697. The van der Waals surface area contributed by atoms with Gasteiger partial charge in [0, 0.05) is 42.6 Å². The van der Waals surface area contributed by atoms with Crippen LogP contribution in [0.5, 0.6) is 0 Å². The Hall–Kier alpha value is -3.88. The molecule has 0 aliphatic carbocycles. The van der Waals surface area contributed by atoms with Crippen LogP contribution in [0.25, 0.3) is 5.69 Å². The van der Waals surface area contributed by atoms with E-state index >= 15 is 0 Å². The first-order chi connectivity index (χ1) is 19.8. The summed E-state index contributed by atoms with van der Waals surface area (Å²) in [6.07, 6.45) is 5.00. The van der Waals surface area contributed by atoms with Crippen LogP contribution >= 0.6 is 23.8 Å². The van der Waals surface area contributed by atoms with E-state index in [0.29, 0.717) is 22.0 Å². The van der Waals surface area contributed by atoms with Gasteiger partial charge in [0.15, 0.2) is 5.11 Å². The van der Waals surface area contributed by atoms with Crippen LogP contribution in [0.4, 0.5) is 11.4 Å². The van der Waals surface area contributed by atoms with E-state index < -0.39 is 5.97 Å². The van der Waals surface area contributed by atoms with E-state index in [0.717, 1.165) is 41.5 Å². The molecule has 0 saturated carbocycles. The number of pyridine rings is 1. The first-order valence-corrected chi connectivity index (χ1v) is 14.6. The van der Waals surface area contributed by atoms with Crippen LogP contribution in [0.3, 0.4) is 0 Å². The molecule has 41 heavy (non-hydrogen) atoms. The van der Waals surface area contributed by atoms with Gasteiger partial charge in [-0.2, -0.15) is 0 Å². The van der Waals surface area contributed by atoms with E-state index in [1.807, 2.05) is 48.7 Å². The largest absolute Gasteiger partial charge is 0.478 e. The van der Waals surface area contributed by atoms with E-state index in [2.05, 4.69) is 56.7 Å². The smallest absolute Gasteiger partial charge is 0.335 e. The van der Waals surface area contributed by atoms with Gasteiger partial charge in [-0.25, -0.2) is 4.79 Å². The summed E-state index contributed by atoms with van der Waals surface area (Å²) < 4.78 is 2.07. The third-order valence-electron chi connectivity index (χ3n) is 7.99. The zero-order valence-electron chi connectivity index (χ0n) is 22.9. The Kier molecular flexibility index (Phi) is 7.45. The van der Waals surface area contributed by atoms with Crippen molar-refractivity contribution < 1.29 is 9.90 Å². The van der Waals surface area contributed by atoms with Gasteiger partial charge >= 0.3 is 5.97 Å². The zero-order valence-corrected chi connectivity index (χ0v) is 24.5. The van der Waals surface area contributed by atoms with E-state index in [-0.39, 0.29) is 17.6 Å². The van der Waals surface area contributed by atoms with Gasteiger partial charge in [-0.3, -0.25) is 4.98 Å². The molecule has 2 aliphatic rings. The number of carboxylic acids is 1. The van der Waals surface area contributed by atoms with Crippen LogP contribution in [0.15, 0.2) is 85.2 Å². The number of nitrogens with one attached hydrogen (secondary N) is 1. The quantitative estimate of drug-likeness (QED) is 0.239. The number of halogens is 1. The molecule has 4 heterocycles. The average molecular weight is 586 g/mol. The van der Waals surface area contributed by atoms with Crippen molar-refractivity contribution >= 4 is 46.3 Å². The maximum absolute atomic E-state index is 11.4. The lowest BCUT2D eigenvalue weighted by Gasteiger charge is -2.37. The first kappa shape index (κ1) is 27.3. The number of carboxylic acid groups (broad SMARTS) is 1. The van der Waals surface area contributed by atoms with Gasteiger partial charge in [-0.1, -0.05) is 31.5 Å². The van der Waals surface area contributed by atoms with Crippen molar-refractivity contribution in [3.8, 4) is 5.69 Å². The molecular formula is C32H32ClN5O2S. The zero-order chi connectivity index (χ0) is 28.7. The molecule has 0 radical (unpaired) electrons. The number of rotatable bonds is 6. The standard InChI is InChI=1S/C32H32ClN5O2S/c1-20-16-21(2)19-36(18-20)27-13-12-24(17-25(27)33)38-30(29(35-32(38)41)26-6-3-4-14-34-26)28-7-5-15-37(28)23-10-8-22(9-11-23)31(39)40/h3-15,17,20-21,29-30H,16,18-19H2,1-2H3,(H,35,41)(H,39,40)/t20-,21-,29-,30-/m0/s1. The number of hydrogen-bond donors (Lipinski definition) is 2. The van der Waals surface area contributed by atoms with Crippen molar-refractivity contribution in [3.05, 3.63) is 107 Å². The van der Waals surface area contributed by atoms with Gasteiger partial charge in [0.2, 0.25) is 0 Å². The molecule has 9 heteroatoms. The molecule has 210 valence electrons. The monoisotopic (exact) mass is 585 g/mol. The van der Waals surface area contributed by atoms with Crippen molar-refractivity contribution in [3.63, 3.8) is 0 Å². The van der Waals surface area contributed by atoms with E-state index in [9.17, 15) is 9.90 Å². The number of aromatic carboxylic acids is 1. The minimum Gasteiger partial charge on any atom is -0.478 e. The second-order valence-electron chi connectivity index (χ2n) is 11.1. The summed E-state index contributed by atoms with van der Waals surface area (Å²) in [6.45, 7) is 6.58. The molecule has 0 amide bonds. The number of benzene rings is 2. The van der Waals surface area contributed by atoms with Gasteiger partial charge in [0.1, 0.15) is 6.04 Å². The summed E-state index contributed by atoms with van der Waals surface area (Å²) in [5, 5.41) is 14.2. The number of hydrogen-bond acceptors (Lipinski definition) is 4. The fourth-order valence-electron chi connectivity index (χ4n) is 6.33. The Morgan fingerprint density at radius 2 is 1.73 bits per heavy atom. The Bertz CT molecular complexity index is 1560. The van der Waals surface area contributed by atoms with Crippen LogP contribution in [0, 0.1) is 11.8 Å². The van der Waals surface area contributed by atoms with Crippen molar-refractivity contribution in [2.45, 2.75) is 32.4 Å². The molecule has 0 bridgehead atoms. The predicted molar refractivity (Wildman–Crippen MR) is 167 cm³/mol. The van der Waals surface area contributed by atoms with Crippen LogP contribution in [-0.2, 0) is 0 Å². The number of carbonyl (C=O) groups is 1. The minimum absolute atomic E-state index is 0.224. The maximum Gasteiger partial charge on any atom is 0.335 e. The van der Waals surface area contributed by atoms with Gasteiger partial charge in [-0.05, 0) is 97.2 Å². The highest BCUT2D eigenvalue weighted by molar-refractivity contribution is 7.80. The molecule has 0 unspecified atom stereocenters. The van der Waals surface area contributed by atoms with Crippen molar-refractivity contribution in [1.82, 2.24) is 14.9 Å². The molecule has 6 rings (SSSR count). The minimum atomic E-state index is -0.954. The summed E-state index contributed by atoms with van der Waals surface area (Å²) in [4.78, 5) is 20.6. The molecule has 2 fully saturated rings. The van der Waals surface area contributed by atoms with Gasteiger partial charge in [-0.15, -0.1) is 0 Å². The highest BCUT2D eigenvalue weighted by atomic mass is 35.5. The van der Waals surface area contributed by atoms with Crippen molar-refractivity contribution in [2.24, 2.45) is 11.8 Å². The molecule has 0 spiro atoms. The normalized spacial score (nSPS) is 22.6. The molecule has 2 aliphatic heterocycles. The summed E-state index contributed by atoms with van der Waals surface area (Å²) >= 11 is 12.9. The molecule has 4 atom stereocenters. The highest BCUT2D eigenvalue weighted by Crippen LogP contribution is 2.44. The van der Waals surface area contributed by atoms with Gasteiger partial charge in [0.25, 0.3) is 0 Å². The Balaban J connectivity index is 1.41. The van der Waals surface area contributed by atoms with Gasteiger partial charge in [0.05, 0.1) is 28.0 Å². The Morgan fingerprint density at radius 1 is 1.00 bits per heavy atom. The van der Waals surface area contributed by atoms with Crippen LogP contribution in [0.1, 0.15) is 54.1 Å². The van der Waals surface area contributed by atoms with Crippen LogP contribution in [-0.4, -0.2) is 38.8 Å². The topological polar surface area (TPSA) is 73.6 Å². The second kappa shape index (κ2) is 11.2. The lowest BCUT2D eigenvalue weighted by Crippen LogP contribution is -2.38. The molecule has 2 saturated heterocycles. The summed E-state index contributed by atoms with van der Waals surface area (Å²) in [5.74, 6) is 0.279. The molecule has 2 N–H and O–H groups in total. The van der Waals surface area contributed by atoms with Crippen LogP contribution in [0.2, 0.25) is 5.02 Å². The fourth-order valence-corrected chi connectivity index (χ4v) is 6.97. The highest BCUT2D eigenvalue weighted by Gasteiger charge is 2.42. The molecular weight excluding hydrogens is 554 g/mol. The number of thiocarbonyl (C=S) groups is 1. The lowest BCUT2D eigenvalue weighted by atomic mass is 9.91. The summed E-state index contributed by atoms with van der Waals surface area (Å²) in [7, 11) is 0. The van der Waals surface area contributed by atoms with Gasteiger partial charge < -0.3 is 24.8 Å². The Labute approximate surface area is 250 Å². The molecule has 2 aromatic heterocycles. The molecule has 7 nitrogen and oxygen atoms in total. The Morgan fingerprint density at radius 3 is 2.39 bits per heavy atom. The van der Waals surface area contributed by atoms with Crippen LogP contribution < -0.4 is 15.1 Å². The first-order valence-electron chi connectivity index (χ1n) is 13.9. The average Bonchev–Trinajstić information content (AvgIpc) is 3.57. The van der Waals surface area contributed by atoms with E-state index in [4.69, 9.17) is 23.8 Å². The fraction of sp³-hybridized carbons (Fsp3) is 0.281. The molecule has 4 aromatic rings.